The Morgan fingerprint density at radius 1 is 1.37 bits per heavy atom. The lowest BCUT2D eigenvalue weighted by Gasteiger charge is -2.44. The number of amides is 2. The van der Waals surface area contributed by atoms with Gasteiger partial charge >= 0.3 is 0 Å². The molecule has 4 atom stereocenters. The first kappa shape index (κ1) is 20.3. The van der Waals surface area contributed by atoms with Gasteiger partial charge in [0, 0.05) is 17.9 Å². The largest absolute Gasteiger partial charge is 0.392 e. The number of carbonyl (C=O) groups is 2. The number of aliphatic hydroxyl groups is 1. The average Bonchev–Trinajstić information content (AvgIpc) is 2.94. The lowest BCUT2D eigenvalue weighted by molar-refractivity contribution is -0.153. The normalized spacial score (nSPS) is 23.7. The number of benzene rings is 1. The SMILES string of the molecule is CC[C@H](O)[C@@H]1C(=O)N2C(C)=C(SCCC(=O)N[C@H](C)c3ccccc3)S[C@H]12. The number of aliphatic hydroxyl groups excluding tert-OH is 1. The summed E-state index contributed by atoms with van der Waals surface area (Å²) in [6.45, 7) is 5.82. The Hall–Kier alpha value is -1.44. The Morgan fingerprint density at radius 2 is 2.07 bits per heavy atom. The summed E-state index contributed by atoms with van der Waals surface area (Å²) in [6, 6.07) is 9.89. The van der Waals surface area contributed by atoms with E-state index >= 15 is 0 Å². The van der Waals surface area contributed by atoms with Crippen molar-refractivity contribution >= 4 is 35.3 Å². The maximum atomic E-state index is 12.3. The van der Waals surface area contributed by atoms with Crippen molar-refractivity contribution in [3.63, 3.8) is 0 Å². The third-order valence-corrected chi connectivity index (χ3v) is 7.90. The molecule has 7 heteroatoms. The van der Waals surface area contributed by atoms with Gasteiger partial charge in [0.1, 0.15) is 5.37 Å². The molecule has 27 heavy (non-hydrogen) atoms. The Labute approximate surface area is 169 Å². The van der Waals surface area contributed by atoms with Crippen molar-refractivity contribution < 1.29 is 14.7 Å². The molecule has 3 rings (SSSR count). The molecule has 0 radical (unpaired) electrons. The van der Waals surface area contributed by atoms with E-state index in [1.807, 2.05) is 51.1 Å². The lowest BCUT2D eigenvalue weighted by atomic mass is 9.90. The Kier molecular flexibility index (Phi) is 6.55. The van der Waals surface area contributed by atoms with Crippen LogP contribution < -0.4 is 5.32 Å². The molecule has 0 bridgehead atoms. The number of thioether (sulfide) groups is 2. The number of carbonyl (C=O) groups excluding carboxylic acids is 2. The molecule has 1 fully saturated rings. The summed E-state index contributed by atoms with van der Waals surface area (Å²) in [5.74, 6) is 0.411. The highest BCUT2D eigenvalue weighted by Gasteiger charge is 2.55. The quantitative estimate of drug-likeness (QED) is 0.647. The highest BCUT2D eigenvalue weighted by molar-refractivity contribution is 8.22. The van der Waals surface area contributed by atoms with Gasteiger partial charge in [-0.1, -0.05) is 49.0 Å². The van der Waals surface area contributed by atoms with Crippen LogP contribution in [0.25, 0.3) is 0 Å². The van der Waals surface area contributed by atoms with Crippen molar-refractivity contribution in [2.75, 3.05) is 5.75 Å². The van der Waals surface area contributed by atoms with Crippen LogP contribution in [-0.2, 0) is 9.59 Å². The van der Waals surface area contributed by atoms with E-state index in [1.54, 1.807) is 28.4 Å². The highest BCUT2D eigenvalue weighted by atomic mass is 32.2. The van der Waals surface area contributed by atoms with E-state index < -0.39 is 6.10 Å². The monoisotopic (exact) mass is 406 g/mol. The molecule has 1 aromatic carbocycles. The Balaban J connectivity index is 1.46. The van der Waals surface area contributed by atoms with Gasteiger partial charge in [0.15, 0.2) is 0 Å². The summed E-state index contributed by atoms with van der Waals surface area (Å²) in [5, 5.41) is 13.1. The maximum Gasteiger partial charge on any atom is 0.236 e. The van der Waals surface area contributed by atoms with E-state index in [0.29, 0.717) is 18.6 Å². The van der Waals surface area contributed by atoms with Crippen molar-refractivity contribution in [2.45, 2.75) is 51.1 Å². The summed E-state index contributed by atoms with van der Waals surface area (Å²) in [5.41, 5.74) is 2.05. The van der Waals surface area contributed by atoms with E-state index in [-0.39, 0.29) is 29.1 Å². The van der Waals surface area contributed by atoms with Gasteiger partial charge in [0.05, 0.1) is 22.3 Å². The second-order valence-electron chi connectivity index (χ2n) is 6.89. The summed E-state index contributed by atoms with van der Waals surface area (Å²) in [7, 11) is 0. The van der Waals surface area contributed by atoms with Crippen LogP contribution in [0.5, 0.6) is 0 Å². The first-order valence-corrected chi connectivity index (χ1v) is 11.2. The Bertz CT molecular complexity index is 738. The van der Waals surface area contributed by atoms with Crippen LogP contribution in [0.1, 0.15) is 45.2 Å². The number of hydrogen-bond acceptors (Lipinski definition) is 5. The molecular weight excluding hydrogens is 380 g/mol. The van der Waals surface area contributed by atoms with Gasteiger partial charge in [-0.3, -0.25) is 9.59 Å². The van der Waals surface area contributed by atoms with Gasteiger partial charge < -0.3 is 15.3 Å². The molecule has 1 aromatic rings. The molecule has 1 saturated heterocycles. The smallest absolute Gasteiger partial charge is 0.236 e. The number of rotatable bonds is 8. The van der Waals surface area contributed by atoms with E-state index in [0.717, 1.165) is 15.5 Å². The zero-order valence-corrected chi connectivity index (χ0v) is 17.5. The van der Waals surface area contributed by atoms with Crippen LogP contribution in [-0.4, -0.2) is 39.1 Å². The minimum atomic E-state index is -0.575. The average molecular weight is 407 g/mol. The van der Waals surface area contributed by atoms with E-state index in [2.05, 4.69) is 5.32 Å². The van der Waals surface area contributed by atoms with Crippen LogP contribution in [0.2, 0.25) is 0 Å². The molecular formula is C20H26N2O3S2. The van der Waals surface area contributed by atoms with Crippen molar-refractivity contribution in [3.05, 3.63) is 45.8 Å². The molecule has 5 nitrogen and oxygen atoms in total. The maximum absolute atomic E-state index is 12.3. The van der Waals surface area contributed by atoms with Crippen LogP contribution in [0, 0.1) is 5.92 Å². The summed E-state index contributed by atoms with van der Waals surface area (Å²) >= 11 is 3.26. The number of nitrogens with one attached hydrogen (secondary N) is 1. The second-order valence-corrected chi connectivity index (χ2v) is 9.38. The van der Waals surface area contributed by atoms with E-state index in [9.17, 15) is 14.7 Å². The van der Waals surface area contributed by atoms with Crippen LogP contribution >= 0.6 is 23.5 Å². The highest BCUT2D eigenvalue weighted by Crippen LogP contribution is 2.53. The molecule has 2 heterocycles. The van der Waals surface area contributed by atoms with Gasteiger partial charge in [-0.2, -0.15) is 0 Å². The minimum absolute atomic E-state index is 0.0126. The molecule has 2 aliphatic rings. The third-order valence-electron chi connectivity index (χ3n) is 5.04. The standard InChI is InChI=1S/C20H26N2O3S2/c1-4-15(23)17-18(25)22-13(3)20(27-19(17)22)26-11-10-16(24)21-12(2)14-8-6-5-7-9-14/h5-9,12,15,17,19,23H,4,10-11H2,1-3H3,(H,21,24)/t12-,15+,17-,19-/m1/s1. The van der Waals surface area contributed by atoms with Crippen LogP contribution in [0.3, 0.4) is 0 Å². The first-order valence-electron chi connectivity index (χ1n) is 9.29. The second kappa shape index (κ2) is 8.71. The topological polar surface area (TPSA) is 69.6 Å². The minimum Gasteiger partial charge on any atom is -0.392 e. The lowest BCUT2D eigenvalue weighted by Crippen LogP contribution is -2.60. The number of β-lactam (4-membered cyclic amide) rings is 1. The van der Waals surface area contributed by atoms with Crippen molar-refractivity contribution in [1.29, 1.82) is 0 Å². The number of hydrogen-bond donors (Lipinski definition) is 2. The molecule has 2 amide bonds. The molecule has 0 aliphatic carbocycles. The molecule has 0 unspecified atom stereocenters. The Morgan fingerprint density at radius 3 is 2.74 bits per heavy atom. The van der Waals surface area contributed by atoms with Crippen LogP contribution in [0.15, 0.2) is 40.3 Å². The zero-order valence-electron chi connectivity index (χ0n) is 15.8. The fourth-order valence-corrected chi connectivity index (χ4v) is 6.28. The first-order chi connectivity index (χ1) is 12.9. The summed E-state index contributed by atoms with van der Waals surface area (Å²) in [6.07, 6.45) is 0.440. The number of fused-ring (bicyclic) bond motifs is 1. The molecule has 2 N–H and O–H groups in total. The third kappa shape index (κ3) is 4.20. The summed E-state index contributed by atoms with van der Waals surface area (Å²) in [4.78, 5) is 26.3. The van der Waals surface area contributed by atoms with Gasteiger partial charge in [-0.15, -0.1) is 11.8 Å². The van der Waals surface area contributed by atoms with Crippen molar-refractivity contribution in [3.8, 4) is 0 Å². The predicted octanol–water partition coefficient (Wildman–Crippen LogP) is 3.48. The van der Waals surface area contributed by atoms with E-state index in [4.69, 9.17) is 0 Å². The number of nitrogens with zero attached hydrogens (tertiary/aromatic N) is 1. The predicted molar refractivity (Wildman–Crippen MR) is 111 cm³/mol. The molecule has 146 valence electrons. The van der Waals surface area contributed by atoms with Crippen LogP contribution in [0.4, 0.5) is 0 Å². The fraction of sp³-hybridized carbons (Fsp3) is 0.500. The number of allylic oxidation sites excluding steroid dienone is 1. The molecule has 0 spiro atoms. The summed E-state index contributed by atoms with van der Waals surface area (Å²) < 4.78 is 1.09. The van der Waals surface area contributed by atoms with E-state index in [1.165, 1.54) is 0 Å². The molecule has 0 aromatic heterocycles. The van der Waals surface area contributed by atoms with Crippen molar-refractivity contribution in [1.82, 2.24) is 10.2 Å². The van der Waals surface area contributed by atoms with Gasteiger partial charge in [-0.25, -0.2) is 0 Å². The van der Waals surface area contributed by atoms with Gasteiger partial charge in [-0.05, 0) is 25.8 Å². The van der Waals surface area contributed by atoms with Crippen molar-refractivity contribution in [2.24, 2.45) is 5.92 Å². The zero-order chi connectivity index (χ0) is 19.6. The molecule has 2 aliphatic heterocycles. The molecule has 0 saturated carbocycles. The van der Waals surface area contributed by atoms with Gasteiger partial charge in [0.25, 0.3) is 0 Å². The fourth-order valence-electron chi connectivity index (χ4n) is 3.38. The van der Waals surface area contributed by atoms with Gasteiger partial charge in [0.2, 0.25) is 11.8 Å².